The molecule has 0 bridgehead atoms. The molecular formula is C30H45ClN2O5. The van der Waals surface area contributed by atoms with Crippen molar-refractivity contribution in [2.24, 2.45) is 17.6 Å². The van der Waals surface area contributed by atoms with Crippen LogP contribution in [0, 0.1) is 11.8 Å². The predicted octanol–water partition coefficient (Wildman–Crippen LogP) is 4.27. The number of rotatable bonds is 16. The van der Waals surface area contributed by atoms with Gasteiger partial charge in [-0.2, -0.15) is 0 Å². The Kier molecular flexibility index (Phi) is 12.9. The first-order valence-electron chi connectivity index (χ1n) is 13.4. The maximum Gasteiger partial charge on any atom is 0.230 e. The Hall–Kier alpha value is -2.32. The van der Waals surface area contributed by atoms with Crippen molar-refractivity contribution in [1.82, 2.24) is 5.32 Å². The molecule has 1 amide bonds. The van der Waals surface area contributed by atoms with Crippen LogP contribution in [0.25, 0.3) is 0 Å². The Morgan fingerprint density at radius 2 is 1.79 bits per heavy atom. The van der Waals surface area contributed by atoms with Crippen molar-refractivity contribution in [2.75, 3.05) is 34.0 Å². The summed E-state index contributed by atoms with van der Waals surface area (Å²) in [6.07, 6.45) is 3.11. The lowest BCUT2D eigenvalue weighted by atomic mass is 9.83. The monoisotopic (exact) mass is 548 g/mol. The molecule has 2 aromatic carbocycles. The van der Waals surface area contributed by atoms with Gasteiger partial charge in [-0.25, -0.2) is 0 Å². The van der Waals surface area contributed by atoms with Crippen molar-refractivity contribution in [3.8, 4) is 11.5 Å². The third-order valence-electron chi connectivity index (χ3n) is 7.47. The van der Waals surface area contributed by atoms with Crippen LogP contribution in [-0.4, -0.2) is 57.1 Å². The van der Waals surface area contributed by atoms with Crippen LogP contribution in [0.5, 0.6) is 11.5 Å². The number of carbonyl (C=O) groups excluding carboxylic acids is 1. The minimum Gasteiger partial charge on any atom is -0.493 e. The topological polar surface area (TPSA) is 103 Å². The number of benzene rings is 2. The molecule has 3 rings (SSSR count). The number of carbonyl (C=O) groups is 1. The highest BCUT2D eigenvalue weighted by Crippen LogP contribution is 2.48. The SMILES string of the molecule is COCCCOc1cc(CC(CC(N)C(O)CNC(=O)C2(c3ccccc3)CC2)C(C)C)ccc1OC.Cl. The molecule has 38 heavy (non-hydrogen) atoms. The van der Waals surface area contributed by atoms with Gasteiger partial charge in [0, 0.05) is 32.7 Å². The van der Waals surface area contributed by atoms with E-state index in [1.54, 1.807) is 14.2 Å². The molecule has 0 radical (unpaired) electrons. The van der Waals surface area contributed by atoms with Gasteiger partial charge < -0.3 is 30.4 Å². The van der Waals surface area contributed by atoms with Crippen LogP contribution in [0.1, 0.15) is 50.7 Å². The van der Waals surface area contributed by atoms with Crippen LogP contribution >= 0.6 is 12.4 Å². The van der Waals surface area contributed by atoms with Crippen LogP contribution in [0.15, 0.2) is 48.5 Å². The summed E-state index contributed by atoms with van der Waals surface area (Å²) in [5, 5.41) is 13.7. The number of amides is 1. The van der Waals surface area contributed by atoms with E-state index in [1.807, 2.05) is 42.5 Å². The fraction of sp³-hybridized carbons (Fsp3) is 0.567. The van der Waals surface area contributed by atoms with E-state index in [0.29, 0.717) is 31.3 Å². The van der Waals surface area contributed by atoms with Gasteiger partial charge in [-0.05, 0) is 60.8 Å². The van der Waals surface area contributed by atoms with E-state index in [2.05, 4.69) is 25.2 Å². The zero-order valence-corrected chi connectivity index (χ0v) is 24.0. The van der Waals surface area contributed by atoms with E-state index in [1.165, 1.54) is 0 Å². The van der Waals surface area contributed by atoms with Crippen molar-refractivity contribution < 1.29 is 24.1 Å². The highest BCUT2D eigenvalue weighted by molar-refractivity contribution is 5.91. The number of nitrogens with two attached hydrogens (primary N) is 1. The van der Waals surface area contributed by atoms with Gasteiger partial charge in [0.1, 0.15) is 0 Å². The van der Waals surface area contributed by atoms with Gasteiger partial charge in [0.25, 0.3) is 0 Å². The summed E-state index contributed by atoms with van der Waals surface area (Å²) < 4.78 is 16.5. The fourth-order valence-electron chi connectivity index (χ4n) is 4.79. The lowest BCUT2D eigenvalue weighted by molar-refractivity contribution is -0.124. The summed E-state index contributed by atoms with van der Waals surface area (Å²) in [5.41, 5.74) is 8.16. The summed E-state index contributed by atoms with van der Waals surface area (Å²) in [6, 6.07) is 15.4. The maximum atomic E-state index is 12.9. The molecule has 4 N–H and O–H groups in total. The summed E-state index contributed by atoms with van der Waals surface area (Å²) in [4.78, 5) is 12.9. The molecule has 1 aliphatic carbocycles. The maximum absolute atomic E-state index is 12.9. The number of hydrogen-bond donors (Lipinski definition) is 3. The Bertz CT molecular complexity index is 984. The largest absolute Gasteiger partial charge is 0.493 e. The normalized spacial score (nSPS) is 16.2. The van der Waals surface area contributed by atoms with Gasteiger partial charge in [-0.1, -0.05) is 50.2 Å². The number of hydrogen-bond acceptors (Lipinski definition) is 6. The Morgan fingerprint density at radius 1 is 1.08 bits per heavy atom. The third kappa shape index (κ3) is 8.60. The molecule has 3 unspecified atom stereocenters. The Morgan fingerprint density at radius 3 is 2.39 bits per heavy atom. The van der Waals surface area contributed by atoms with Gasteiger partial charge in [0.15, 0.2) is 11.5 Å². The first-order chi connectivity index (χ1) is 17.8. The van der Waals surface area contributed by atoms with Crippen LogP contribution in [0.2, 0.25) is 0 Å². The molecule has 0 saturated heterocycles. The standard InChI is InChI=1S/C30H44N2O5.ClH/c1-21(2)23(17-22-11-12-27(36-4)28(18-22)37-16-8-15-35-3)19-25(31)26(33)20-32-29(34)30(13-14-30)24-9-6-5-7-10-24;/h5-7,9-12,18,21,23,25-26,33H,8,13-17,19-20,31H2,1-4H3,(H,32,34);1H. The zero-order chi connectivity index (χ0) is 26.8. The molecule has 0 aromatic heterocycles. The van der Waals surface area contributed by atoms with Crippen LogP contribution in [-0.2, 0) is 21.4 Å². The molecule has 2 aromatic rings. The highest BCUT2D eigenvalue weighted by Gasteiger charge is 2.51. The van der Waals surface area contributed by atoms with E-state index in [-0.39, 0.29) is 30.8 Å². The van der Waals surface area contributed by atoms with Crippen molar-refractivity contribution in [3.05, 3.63) is 59.7 Å². The predicted molar refractivity (Wildman–Crippen MR) is 153 cm³/mol. The van der Waals surface area contributed by atoms with Gasteiger partial charge in [-0.3, -0.25) is 4.79 Å². The minimum atomic E-state index is -0.813. The average Bonchev–Trinajstić information content (AvgIpc) is 3.72. The number of methoxy groups -OCH3 is 2. The summed E-state index contributed by atoms with van der Waals surface area (Å²) >= 11 is 0. The first kappa shape index (κ1) is 31.9. The van der Waals surface area contributed by atoms with Crippen LogP contribution in [0.3, 0.4) is 0 Å². The second-order valence-electron chi connectivity index (χ2n) is 10.5. The van der Waals surface area contributed by atoms with E-state index in [4.69, 9.17) is 19.9 Å². The van der Waals surface area contributed by atoms with E-state index >= 15 is 0 Å². The molecule has 3 atom stereocenters. The van der Waals surface area contributed by atoms with E-state index < -0.39 is 17.6 Å². The summed E-state index contributed by atoms with van der Waals surface area (Å²) in [5.74, 6) is 2.02. The van der Waals surface area contributed by atoms with E-state index in [9.17, 15) is 9.90 Å². The quantitative estimate of drug-likeness (QED) is 0.271. The number of ether oxygens (including phenoxy) is 3. The zero-order valence-electron chi connectivity index (χ0n) is 23.2. The van der Waals surface area contributed by atoms with Crippen molar-refractivity contribution >= 4 is 18.3 Å². The molecule has 8 heteroatoms. The molecule has 1 saturated carbocycles. The average molecular weight is 549 g/mol. The summed E-state index contributed by atoms with van der Waals surface area (Å²) in [6.45, 7) is 5.70. The minimum absolute atomic E-state index is 0. The third-order valence-corrected chi connectivity index (χ3v) is 7.47. The number of aliphatic hydroxyl groups is 1. The Balaban J connectivity index is 0.00000507. The van der Waals surface area contributed by atoms with Crippen molar-refractivity contribution in [2.45, 2.75) is 63.5 Å². The number of aliphatic hydroxyl groups excluding tert-OH is 1. The second-order valence-corrected chi connectivity index (χ2v) is 10.5. The lowest BCUT2D eigenvalue weighted by Crippen LogP contribution is -2.47. The molecule has 1 aliphatic rings. The van der Waals surface area contributed by atoms with Gasteiger partial charge in [-0.15, -0.1) is 12.4 Å². The molecule has 7 nitrogen and oxygen atoms in total. The Labute approximate surface area is 233 Å². The molecule has 0 spiro atoms. The number of nitrogens with one attached hydrogen (secondary N) is 1. The van der Waals surface area contributed by atoms with Crippen molar-refractivity contribution in [3.63, 3.8) is 0 Å². The fourth-order valence-corrected chi connectivity index (χ4v) is 4.79. The highest BCUT2D eigenvalue weighted by atomic mass is 35.5. The second kappa shape index (κ2) is 15.3. The smallest absolute Gasteiger partial charge is 0.230 e. The molecular weight excluding hydrogens is 504 g/mol. The molecule has 0 heterocycles. The van der Waals surface area contributed by atoms with Crippen LogP contribution < -0.4 is 20.5 Å². The van der Waals surface area contributed by atoms with Gasteiger partial charge in [0.05, 0.1) is 25.2 Å². The molecule has 1 fully saturated rings. The first-order valence-corrected chi connectivity index (χ1v) is 13.4. The van der Waals surface area contributed by atoms with Gasteiger partial charge >= 0.3 is 0 Å². The molecule has 0 aliphatic heterocycles. The summed E-state index contributed by atoms with van der Waals surface area (Å²) in [7, 11) is 3.31. The van der Waals surface area contributed by atoms with Crippen molar-refractivity contribution in [1.29, 1.82) is 0 Å². The molecule has 212 valence electrons. The van der Waals surface area contributed by atoms with E-state index in [0.717, 1.165) is 42.6 Å². The lowest BCUT2D eigenvalue weighted by Gasteiger charge is -2.28. The van der Waals surface area contributed by atoms with Gasteiger partial charge in [0.2, 0.25) is 5.91 Å². The number of halogens is 1. The van der Waals surface area contributed by atoms with Crippen LogP contribution in [0.4, 0.5) is 0 Å².